The Balaban J connectivity index is 1.68. The van der Waals surface area contributed by atoms with Gasteiger partial charge in [-0.25, -0.2) is 5.10 Å². The van der Waals surface area contributed by atoms with Crippen LogP contribution < -0.4 is 20.5 Å². The van der Waals surface area contributed by atoms with Crippen LogP contribution in [0.1, 0.15) is 11.1 Å². The van der Waals surface area contributed by atoms with Crippen LogP contribution >= 0.6 is 23.2 Å². The van der Waals surface area contributed by atoms with Gasteiger partial charge in [-0.3, -0.25) is 10.2 Å². The Morgan fingerprint density at radius 2 is 2.07 bits per heavy atom. The van der Waals surface area contributed by atoms with Crippen LogP contribution in [0.3, 0.4) is 0 Å². The average molecular weight is 419 g/mol. The van der Waals surface area contributed by atoms with Crippen LogP contribution in [0.15, 0.2) is 58.6 Å². The summed E-state index contributed by atoms with van der Waals surface area (Å²) >= 11 is 11.9. The fraction of sp³-hybridized carbons (Fsp3) is 0.105. The zero-order valence-electron chi connectivity index (χ0n) is 14.8. The van der Waals surface area contributed by atoms with E-state index in [1.54, 1.807) is 25.5 Å². The number of aromatic amines is 1. The minimum absolute atomic E-state index is 0.0190. The van der Waals surface area contributed by atoms with E-state index in [2.05, 4.69) is 20.7 Å². The van der Waals surface area contributed by atoms with Crippen LogP contribution in [0.5, 0.6) is 11.5 Å². The summed E-state index contributed by atoms with van der Waals surface area (Å²) in [6, 6.07) is 12.8. The van der Waals surface area contributed by atoms with Gasteiger partial charge in [0.1, 0.15) is 17.3 Å². The molecular formula is C19H16Cl2N4O3. The van der Waals surface area contributed by atoms with Crippen molar-refractivity contribution >= 4 is 35.1 Å². The lowest BCUT2D eigenvalue weighted by Gasteiger charge is -2.11. The first-order chi connectivity index (χ1) is 13.6. The van der Waals surface area contributed by atoms with Crippen LogP contribution in [-0.2, 0) is 6.61 Å². The third kappa shape index (κ3) is 5.03. The largest absolute Gasteiger partial charge is 0.493 e. The average Bonchev–Trinajstić information content (AvgIpc) is 2.70. The number of benzene rings is 2. The van der Waals surface area contributed by atoms with Gasteiger partial charge in [0, 0.05) is 5.02 Å². The van der Waals surface area contributed by atoms with Gasteiger partial charge in [0.05, 0.1) is 19.5 Å². The molecule has 0 amide bonds. The van der Waals surface area contributed by atoms with Crippen molar-refractivity contribution in [1.82, 2.24) is 10.2 Å². The van der Waals surface area contributed by atoms with Gasteiger partial charge in [-0.2, -0.15) is 10.2 Å². The predicted octanol–water partition coefficient (Wildman–Crippen LogP) is 4.11. The zero-order valence-corrected chi connectivity index (χ0v) is 16.3. The lowest BCUT2D eigenvalue weighted by atomic mass is 10.2. The molecule has 0 atom stereocenters. The summed E-state index contributed by atoms with van der Waals surface area (Å²) in [6.07, 6.45) is 2.93. The van der Waals surface area contributed by atoms with Crippen molar-refractivity contribution in [3.63, 3.8) is 0 Å². The van der Waals surface area contributed by atoms with Gasteiger partial charge < -0.3 is 9.47 Å². The molecular weight excluding hydrogens is 403 g/mol. The van der Waals surface area contributed by atoms with Crippen LogP contribution in [0, 0.1) is 0 Å². The smallest absolute Gasteiger partial charge is 0.285 e. The summed E-state index contributed by atoms with van der Waals surface area (Å²) in [4.78, 5) is 11.4. The third-order valence-corrected chi connectivity index (χ3v) is 4.28. The molecule has 0 aliphatic heterocycles. The Morgan fingerprint density at radius 3 is 2.86 bits per heavy atom. The Bertz CT molecular complexity index is 1050. The summed E-state index contributed by atoms with van der Waals surface area (Å²) in [5, 5.41) is 10.6. The molecule has 3 rings (SSSR count). The molecule has 1 aromatic heterocycles. The molecule has 3 aromatic rings. The molecule has 0 saturated heterocycles. The van der Waals surface area contributed by atoms with E-state index in [9.17, 15) is 4.79 Å². The van der Waals surface area contributed by atoms with Gasteiger partial charge in [0.2, 0.25) is 0 Å². The van der Waals surface area contributed by atoms with Crippen molar-refractivity contribution in [2.75, 3.05) is 12.5 Å². The van der Waals surface area contributed by atoms with E-state index in [0.717, 1.165) is 11.1 Å². The molecule has 0 radical (unpaired) electrons. The van der Waals surface area contributed by atoms with Gasteiger partial charge >= 0.3 is 0 Å². The van der Waals surface area contributed by atoms with E-state index < -0.39 is 5.56 Å². The Morgan fingerprint density at radius 1 is 1.21 bits per heavy atom. The Kier molecular flexibility index (Phi) is 6.52. The van der Waals surface area contributed by atoms with E-state index >= 15 is 0 Å². The number of halogens is 2. The van der Waals surface area contributed by atoms with Gasteiger partial charge in [0.15, 0.2) is 11.5 Å². The molecule has 7 nitrogen and oxygen atoms in total. The standard InChI is InChI=1S/C19H16Cl2N4O3/c1-27-17-8-12(9-22-24-15-10-23-25-19(26)18(15)21)5-6-16(17)28-11-13-3-2-4-14(20)7-13/h2-10H,11H2,1H3,(H2,24,25,26)/b22-9+. The number of aromatic nitrogens is 2. The summed E-state index contributed by atoms with van der Waals surface area (Å²) in [6.45, 7) is 0.361. The SMILES string of the molecule is COc1cc(/C=N/Nc2cn[nH]c(=O)c2Cl)ccc1OCc1cccc(Cl)c1. The topological polar surface area (TPSA) is 88.6 Å². The van der Waals surface area contributed by atoms with Crippen LogP contribution in [0.4, 0.5) is 5.69 Å². The molecule has 28 heavy (non-hydrogen) atoms. The first-order valence-corrected chi connectivity index (χ1v) is 8.90. The van der Waals surface area contributed by atoms with Crippen LogP contribution in [-0.4, -0.2) is 23.5 Å². The number of H-pyrrole nitrogens is 1. The first kappa shape index (κ1) is 19.7. The molecule has 0 aliphatic carbocycles. The van der Waals surface area contributed by atoms with Gasteiger partial charge in [-0.15, -0.1) is 0 Å². The van der Waals surface area contributed by atoms with Gasteiger partial charge in [-0.05, 0) is 41.5 Å². The lowest BCUT2D eigenvalue weighted by Crippen LogP contribution is -2.10. The minimum Gasteiger partial charge on any atom is -0.493 e. The fourth-order valence-electron chi connectivity index (χ4n) is 2.31. The van der Waals surface area contributed by atoms with Gasteiger partial charge in [-0.1, -0.05) is 35.3 Å². The van der Waals surface area contributed by atoms with Crippen molar-refractivity contribution in [3.05, 3.63) is 80.2 Å². The summed E-state index contributed by atoms with van der Waals surface area (Å²) < 4.78 is 11.2. The number of hydrazone groups is 1. The van der Waals surface area contributed by atoms with E-state index in [1.165, 1.54) is 6.20 Å². The van der Waals surface area contributed by atoms with Crippen molar-refractivity contribution < 1.29 is 9.47 Å². The Labute approximate surface area is 170 Å². The molecule has 2 aromatic carbocycles. The zero-order chi connectivity index (χ0) is 19.9. The first-order valence-electron chi connectivity index (χ1n) is 8.14. The highest BCUT2D eigenvalue weighted by Crippen LogP contribution is 2.28. The van der Waals surface area contributed by atoms with Crippen LogP contribution in [0.2, 0.25) is 10.0 Å². The highest BCUT2D eigenvalue weighted by atomic mass is 35.5. The van der Waals surface area contributed by atoms with E-state index in [0.29, 0.717) is 28.8 Å². The van der Waals surface area contributed by atoms with E-state index in [4.69, 9.17) is 32.7 Å². The quantitative estimate of drug-likeness (QED) is 0.445. The number of rotatable bonds is 7. The number of nitrogens with one attached hydrogen (secondary N) is 2. The monoisotopic (exact) mass is 418 g/mol. The second-order valence-corrected chi connectivity index (χ2v) is 6.44. The maximum atomic E-state index is 11.4. The molecule has 9 heteroatoms. The normalized spacial score (nSPS) is 10.8. The molecule has 0 fully saturated rings. The molecule has 0 bridgehead atoms. The summed E-state index contributed by atoms with van der Waals surface area (Å²) in [5.41, 5.74) is 4.19. The summed E-state index contributed by atoms with van der Waals surface area (Å²) in [7, 11) is 1.56. The molecule has 0 unspecified atom stereocenters. The predicted molar refractivity (Wildman–Crippen MR) is 110 cm³/mol. The number of ether oxygens (including phenoxy) is 2. The fourth-order valence-corrected chi connectivity index (χ4v) is 2.66. The van der Waals surface area contributed by atoms with Crippen LogP contribution in [0.25, 0.3) is 0 Å². The number of hydrogen-bond donors (Lipinski definition) is 2. The van der Waals surface area contributed by atoms with Crippen molar-refractivity contribution in [1.29, 1.82) is 0 Å². The van der Waals surface area contributed by atoms with Crippen molar-refractivity contribution in [2.45, 2.75) is 6.61 Å². The molecule has 2 N–H and O–H groups in total. The van der Waals surface area contributed by atoms with E-state index in [1.807, 2.05) is 30.3 Å². The molecule has 0 spiro atoms. The van der Waals surface area contributed by atoms with E-state index in [-0.39, 0.29) is 5.02 Å². The maximum Gasteiger partial charge on any atom is 0.285 e. The molecule has 1 heterocycles. The minimum atomic E-state index is -0.496. The number of methoxy groups -OCH3 is 1. The molecule has 144 valence electrons. The highest BCUT2D eigenvalue weighted by molar-refractivity contribution is 6.32. The molecule has 0 saturated carbocycles. The second-order valence-electron chi connectivity index (χ2n) is 5.63. The summed E-state index contributed by atoms with van der Waals surface area (Å²) in [5.74, 6) is 1.15. The Hall–Kier alpha value is -3.03. The third-order valence-electron chi connectivity index (χ3n) is 3.67. The maximum absolute atomic E-state index is 11.4. The number of anilines is 1. The van der Waals surface area contributed by atoms with Gasteiger partial charge in [0.25, 0.3) is 5.56 Å². The molecule has 0 aliphatic rings. The van der Waals surface area contributed by atoms with Crippen molar-refractivity contribution in [3.8, 4) is 11.5 Å². The highest BCUT2D eigenvalue weighted by Gasteiger charge is 2.07. The second kappa shape index (κ2) is 9.25. The van der Waals surface area contributed by atoms with Crippen molar-refractivity contribution in [2.24, 2.45) is 5.10 Å². The number of nitrogens with zero attached hydrogens (tertiary/aromatic N) is 2. The lowest BCUT2D eigenvalue weighted by molar-refractivity contribution is 0.284. The number of hydrogen-bond acceptors (Lipinski definition) is 6.